The highest BCUT2D eigenvalue weighted by Crippen LogP contribution is 2.19. The highest BCUT2D eigenvalue weighted by molar-refractivity contribution is 9.11. The van der Waals surface area contributed by atoms with Crippen LogP contribution in [0, 0.1) is 0 Å². The van der Waals surface area contributed by atoms with Gasteiger partial charge in [0.25, 0.3) is 0 Å². The first-order valence-corrected chi connectivity index (χ1v) is 5.34. The summed E-state index contributed by atoms with van der Waals surface area (Å²) in [6, 6.07) is 0. The van der Waals surface area contributed by atoms with Crippen molar-refractivity contribution >= 4 is 43.6 Å². The van der Waals surface area contributed by atoms with Gasteiger partial charge in [-0.3, -0.25) is 4.79 Å². The topological polar surface area (TPSA) is 54.9 Å². The molecule has 0 aliphatic carbocycles. The van der Waals surface area contributed by atoms with Crippen LogP contribution in [0.5, 0.6) is 0 Å². The van der Waals surface area contributed by atoms with E-state index >= 15 is 0 Å². The van der Waals surface area contributed by atoms with Crippen molar-refractivity contribution in [3.8, 4) is 0 Å². The van der Waals surface area contributed by atoms with E-state index < -0.39 is 0 Å². The van der Waals surface area contributed by atoms with Gasteiger partial charge in [0, 0.05) is 0 Å². The van der Waals surface area contributed by atoms with E-state index in [9.17, 15) is 4.79 Å². The molecule has 0 radical (unpaired) electrons. The van der Waals surface area contributed by atoms with Crippen molar-refractivity contribution < 1.29 is 4.79 Å². The van der Waals surface area contributed by atoms with Crippen molar-refractivity contribution in [1.29, 1.82) is 0 Å². The maximum Gasteiger partial charge on any atom is 0.249 e. The van der Waals surface area contributed by atoms with E-state index in [0.717, 1.165) is 0 Å². The van der Waals surface area contributed by atoms with Crippen molar-refractivity contribution in [1.82, 2.24) is 9.97 Å². The van der Waals surface area contributed by atoms with Gasteiger partial charge in [-0.05, 0) is 44.9 Å². The van der Waals surface area contributed by atoms with Crippen molar-refractivity contribution in [2.45, 2.75) is 6.92 Å². The summed E-state index contributed by atoms with van der Waals surface area (Å²) in [4.78, 5) is 19.1. The predicted molar refractivity (Wildman–Crippen MR) is 60.9 cm³/mol. The number of hydrogen-bond acceptors (Lipinski definition) is 3. The highest BCUT2D eigenvalue weighted by atomic mass is 79.9. The van der Waals surface area contributed by atoms with E-state index in [0.29, 0.717) is 15.0 Å². The van der Waals surface area contributed by atoms with Gasteiger partial charge in [-0.15, -0.1) is 0 Å². The van der Waals surface area contributed by atoms with E-state index in [2.05, 4.69) is 47.1 Å². The Balaban J connectivity index is 2.82. The third kappa shape index (κ3) is 3.19. The molecule has 0 spiro atoms. The van der Waals surface area contributed by atoms with Crippen LogP contribution < -0.4 is 5.32 Å². The van der Waals surface area contributed by atoms with E-state index in [1.165, 1.54) is 12.3 Å². The molecule has 0 aliphatic heterocycles. The SMILES string of the molecule is C/C=C/C(=O)Nc1ncc(Br)nc1Br. The zero-order chi connectivity index (χ0) is 10.6. The molecular formula is C8H7Br2N3O. The lowest BCUT2D eigenvalue weighted by molar-refractivity contribution is -0.111. The zero-order valence-electron chi connectivity index (χ0n) is 7.29. The Morgan fingerprint density at radius 2 is 2.29 bits per heavy atom. The van der Waals surface area contributed by atoms with Crippen LogP contribution >= 0.6 is 31.9 Å². The Morgan fingerprint density at radius 3 is 2.86 bits per heavy atom. The Kier molecular flexibility index (Phi) is 4.21. The first kappa shape index (κ1) is 11.3. The minimum absolute atomic E-state index is 0.232. The number of allylic oxidation sites excluding steroid dienone is 1. The summed E-state index contributed by atoms with van der Waals surface area (Å²) in [6.07, 6.45) is 4.57. The van der Waals surface area contributed by atoms with Crippen molar-refractivity contribution in [3.63, 3.8) is 0 Å². The molecule has 0 unspecified atom stereocenters. The third-order valence-electron chi connectivity index (χ3n) is 1.26. The molecular weight excluding hydrogens is 314 g/mol. The van der Waals surface area contributed by atoms with Gasteiger partial charge in [0.1, 0.15) is 9.21 Å². The summed E-state index contributed by atoms with van der Waals surface area (Å²) in [5.41, 5.74) is 0. The van der Waals surface area contributed by atoms with Gasteiger partial charge in [-0.1, -0.05) is 6.08 Å². The van der Waals surface area contributed by atoms with E-state index in [1.54, 1.807) is 13.0 Å². The predicted octanol–water partition coefficient (Wildman–Crippen LogP) is 2.52. The minimum Gasteiger partial charge on any atom is -0.305 e. The van der Waals surface area contributed by atoms with Crippen LogP contribution in [0.2, 0.25) is 0 Å². The van der Waals surface area contributed by atoms with Gasteiger partial charge in [-0.2, -0.15) is 0 Å². The van der Waals surface area contributed by atoms with Crippen LogP contribution in [-0.2, 0) is 4.79 Å². The second-order valence-corrected chi connectivity index (χ2v) is 3.89. The number of aromatic nitrogens is 2. The average Bonchev–Trinajstić information content (AvgIpc) is 2.10. The lowest BCUT2D eigenvalue weighted by Crippen LogP contribution is -2.10. The van der Waals surface area contributed by atoms with Crippen LogP contribution in [0.1, 0.15) is 6.92 Å². The fourth-order valence-corrected chi connectivity index (χ4v) is 1.65. The molecule has 1 amide bonds. The Morgan fingerprint density at radius 1 is 1.57 bits per heavy atom. The molecule has 74 valence electrons. The van der Waals surface area contributed by atoms with Gasteiger partial charge in [0.15, 0.2) is 5.82 Å². The van der Waals surface area contributed by atoms with Crippen LogP contribution in [0.15, 0.2) is 27.6 Å². The summed E-state index contributed by atoms with van der Waals surface area (Å²) < 4.78 is 1.10. The molecule has 0 aliphatic rings. The number of hydrogen-bond donors (Lipinski definition) is 1. The summed E-state index contributed by atoms with van der Waals surface area (Å²) in [5, 5.41) is 2.57. The van der Waals surface area contributed by atoms with Gasteiger partial charge in [0.2, 0.25) is 5.91 Å². The fraction of sp³-hybridized carbons (Fsp3) is 0.125. The molecule has 0 atom stereocenters. The molecule has 0 aromatic carbocycles. The van der Waals surface area contributed by atoms with E-state index in [1.807, 2.05) is 0 Å². The van der Waals surface area contributed by atoms with Crippen LogP contribution in [0.25, 0.3) is 0 Å². The number of halogens is 2. The average molecular weight is 321 g/mol. The molecule has 0 saturated heterocycles. The summed E-state index contributed by atoms with van der Waals surface area (Å²) in [6.45, 7) is 1.77. The fourth-order valence-electron chi connectivity index (χ4n) is 0.740. The number of anilines is 1. The Hall–Kier alpha value is -0.750. The van der Waals surface area contributed by atoms with E-state index in [-0.39, 0.29) is 5.91 Å². The second-order valence-electron chi connectivity index (χ2n) is 2.32. The molecule has 14 heavy (non-hydrogen) atoms. The van der Waals surface area contributed by atoms with E-state index in [4.69, 9.17) is 0 Å². The standard InChI is InChI=1S/C8H7Br2N3O/c1-2-3-6(14)13-8-7(10)12-5(9)4-11-8/h2-4H,1H3,(H,11,13,14)/b3-2+. The molecule has 1 aromatic heterocycles. The maximum absolute atomic E-state index is 11.2. The van der Waals surface area contributed by atoms with Gasteiger partial charge < -0.3 is 5.32 Å². The molecule has 1 rings (SSSR count). The number of rotatable bonds is 2. The normalized spacial score (nSPS) is 10.5. The molecule has 1 aromatic rings. The third-order valence-corrected chi connectivity index (χ3v) is 2.20. The number of amides is 1. The maximum atomic E-state index is 11.2. The summed E-state index contributed by atoms with van der Waals surface area (Å²) in [5.74, 6) is 0.168. The number of nitrogens with zero attached hydrogens (tertiary/aromatic N) is 2. The highest BCUT2D eigenvalue weighted by Gasteiger charge is 2.05. The Bertz CT molecular complexity index is 379. The second kappa shape index (κ2) is 5.21. The number of carbonyl (C=O) groups is 1. The Labute approximate surface area is 98.1 Å². The van der Waals surface area contributed by atoms with Gasteiger partial charge in [-0.25, -0.2) is 9.97 Å². The molecule has 6 heteroatoms. The molecule has 0 saturated carbocycles. The summed E-state index contributed by atoms with van der Waals surface area (Å²) >= 11 is 6.35. The first-order valence-electron chi connectivity index (χ1n) is 3.75. The van der Waals surface area contributed by atoms with Crippen molar-refractivity contribution in [2.24, 2.45) is 0 Å². The van der Waals surface area contributed by atoms with Crippen molar-refractivity contribution in [2.75, 3.05) is 5.32 Å². The summed E-state index contributed by atoms with van der Waals surface area (Å²) in [7, 11) is 0. The largest absolute Gasteiger partial charge is 0.305 e. The quantitative estimate of drug-likeness (QED) is 0.852. The molecule has 1 heterocycles. The molecule has 1 N–H and O–H groups in total. The van der Waals surface area contributed by atoms with Gasteiger partial charge >= 0.3 is 0 Å². The molecule has 0 bridgehead atoms. The zero-order valence-corrected chi connectivity index (χ0v) is 10.5. The lowest BCUT2D eigenvalue weighted by atomic mass is 10.5. The van der Waals surface area contributed by atoms with Crippen LogP contribution in [0.4, 0.5) is 5.82 Å². The van der Waals surface area contributed by atoms with Crippen molar-refractivity contribution in [3.05, 3.63) is 27.6 Å². The van der Waals surface area contributed by atoms with Crippen LogP contribution in [0.3, 0.4) is 0 Å². The smallest absolute Gasteiger partial charge is 0.249 e. The molecule has 4 nitrogen and oxygen atoms in total. The lowest BCUT2D eigenvalue weighted by Gasteiger charge is -2.02. The monoisotopic (exact) mass is 319 g/mol. The first-order chi connectivity index (χ1) is 6.63. The van der Waals surface area contributed by atoms with Crippen LogP contribution in [-0.4, -0.2) is 15.9 Å². The van der Waals surface area contributed by atoms with Gasteiger partial charge in [0.05, 0.1) is 6.20 Å². The number of nitrogens with one attached hydrogen (secondary N) is 1. The molecule has 0 fully saturated rings. The minimum atomic E-state index is -0.232. The number of carbonyl (C=O) groups excluding carboxylic acids is 1.